The predicted octanol–water partition coefficient (Wildman–Crippen LogP) is 5.64. The second-order valence-electron chi connectivity index (χ2n) is 6.75. The number of nitrogens with zero attached hydrogens (tertiary/aromatic N) is 1. The third kappa shape index (κ3) is 3.20. The lowest BCUT2D eigenvalue weighted by Crippen LogP contribution is -2.07. The lowest BCUT2D eigenvalue weighted by atomic mass is 9.95. The molecule has 0 amide bonds. The summed E-state index contributed by atoms with van der Waals surface area (Å²) in [4.78, 5) is 15.9. The van der Waals surface area contributed by atoms with Gasteiger partial charge in [0, 0.05) is 11.0 Å². The quantitative estimate of drug-likeness (QED) is 0.517. The molecule has 3 nitrogen and oxygen atoms in total. The molecule has 0 aliphatic heterocycles. The second-order valence-corrected chi connectivity index (χ2v) is 6.75. The molecule has 0 saturated carbocycles. The van der Waals surface area contributed by atoms with Crippen molar-refractivity contribution in [2.24, 2.45) is 0 Å². The minimum Gasteiger partial charge on any atom is -0.481 e. The third-order valence-corrected chi connectivity index (χ3v) is 4.99. The van der Waals surface area contributed by atoms with E-state index in [9.17, 15) is 9.90 Å². The highest BCUT2D eigenvalue weighted by Gasteiger charge is 2.14. The Morgan fingerprint density at radius 1 is 0.926 bits per heavy atom. The number of aromatic nitrogens is 1. The van der Waals surface area contributed by atoms with Gasteiger partial charge in [0.1, 0.15) is 0 Å². The van der Waals surface area contributed by atoms with Crippen LogP contribution in [-0.4, -0.2) is 16.1 Å². The van der Waals surface area contributed by atoms with Gasteiger partial charge in [0.25, 0.3) is 0 Å². The van der Waals surface area contributed by atoms with E-state index >= 15 is 0 Å². The lowest BCUT2D eigenvalue weighted by molar-refractivity contribution is -0.138. The summed E-state index contributed by atoms with van der Waals surface area (Å²) in [5.41, 5.74) is 4.47. The van der Waals surface area contributed by atoms with Gasteiger partial charge in [-0.25, -0.2) is 4.98 Å². The van der Waals surface area contributed by atoms with Crippen LogP contribution >= 0.6 is 0 Å². The highest BCUT2D eigenvalue weighted by molar-refractivity contribution is 5.91. The summed E-state index contributed by atoms with van der Waals surface area (Å²) >= 11 is 0. The molecule has 0 aliphatic rings. The van der Waals surface area contributed by atoms with Gasteiger partial charge in [0.15, 0.2) is 0 Å². The van der Waals surface area contributed by atoms with E-state index in [1.165, 1.54) is 0 Å². The number of carboxylic acid groups (broad SMARTS) is 1. The van der Waals surface area contributed by atoms with Crippen LogP contribution in [0.3, 0.4) is 0 Å². The van der Waals surface area contributed by atoms with Crippen LogP contribution in [0, 0.1) is 0 Å². The first-order valence-corrected chi connectivity index (χ1v) is 8.85. The van der Waals surface area contributed by atoms with E-state index in [4.69, 9.17) is 4.98 Å². The Hall–Kier alpha value is -3.46. The molecule has 3 heteroatoms. The Morgan fingerprint density at radius 2 is 1.63 bits per heavy atom. The first kappa shape index (κ1) is 17.0. The Kier molecular flexibility index (Phi) is 4.21. The van der Waals surface area contributed by atoms with Gasteiger partial charge in [0.2, 0.25) is 0 Å². The Balaban J connectivity index is 1.71. The van der Waals surface area contributed by atoms with E-state index in [2.05, 4.69) is 18.7 Å². The second kappa shape index (κ2) is 6.69. The number of para-hydroxylation sites is 1. The van der Waals surface area contributed by atoms with Crippen LogP contribution in [0.1, 0.15) is 29.7 Å². The van der Waals surface area contributed by atoms with E-state index < -0.39 is 11.9 Å². The fourth-order valence-corrected chi connectivity index (χ4v) is 3.25. The molecule has 1 atom stereocenters. The maximum atomic E-state index is 11.2. The zero-order chi connectivity index (χ0) is 19.0. The maximum absolute atomic E-state index is 11.2. The van der Waals surface area contributed by atoms with Crippen LogP contribution in [0.25, 0.3) is 27.2 Å². The van der Waals surface area contributed by atoms with Crippen molar-refractivity contribution in [1.29, 1.82) is 0 Å². The molecular formula is C24H19NO2. The Morgan fingerprint density at radius 3 is 2.44 bits per heavy atom. The SMILES string of the molecule is C=C(c1ccc2cc(C(C)C(=O)O)ccc2c1)c1ccc2ccccc2n1. The van der Waals surface area contributed by atoms with E-state index in [1.54, 1.807) is 6.92 Å². The number of carbonyl (C=O) groups is 1. The minimum atomic E-state index is -0.818. The van der Waals surface area contributed by atoms with Gasteiger partial charge >= 0.3 is 5.97 Å². The van der Waals surface area contributed by atoms with Crippen molar-refractivity contribution in [3.63, 3.8) is 0 Å². The molecule has 1 heterocycles. The molecule has 4 rings (SSSR count). The van der Waals surface area contributed by atoms with Crippen LogP contribution in [0.5, 0.6) is 0 Å². The molecular weight excluding hydrogens is 334 g/mol. The van der Waals surface area contributed by atoms with E-state index in [-0.39, 0.29) is 0 Å². The fourth-order valence-electron chi connectivity index (χ4n) is 3.25. The normalized spacial score (nSPS) is 12.2. The van der Waals surface area contributed by atoms with Crippen molar-refractivity contribution in [1.82, 2.24) is 4.98 Å². The van der Waals surface area contributed by atoms with Crippen LogP contribution in [0.2, 0.25) is 0 Å². The maximum Gasteiger partial charge on any atom is 0.310 e. The van der Waals surface area contributed by atoms with Gasteiger partial charge < -0.3 is 5.11 Å². The number of rotatable bonds is 4. The average molecular weight is 353 g/mol. The minimum absolute atomic E-state index is 0.522. The molecule has 1 N–H and O–H groups in total. The Labute approximate surface area is 157 Å². The molecule has 0 saturated heterocycles. The van der Waals surface area contributed by atoms with E-state index in [0.29, 0.717) is 0 Å². The molecule has 1 aromatic heterocycles. The molecule has 27 heavy (non-hydrogen) atoms. The summed E-state index contributed by atoms with van der Waals surface area (Å²) in [6.45, 7) is 5.94. The van der Waals surface area contributed by atoms with Crippen LogP contribution in [-0.2, 0) is 4.79 Å². The number of benzene rings is 3. The molecule has 0 bridgehead atoms. The highest BCUT2D eigenvalue weighted by Crippen LogP contribution is 2.28. The largest absolute Gasteiger partial charge is 0.481 e. The number of carboxylic acids is 1. The summed E-state index contributed by atoms with van der Waals surface area (Å²) in [5.74, 6) is -1.34. The smallest absolute Gasteiger partial charge is 0.310 e. The summed E-state index contributed by atoms with van der Waals surface area (Å²) in [7, 11) is 0. The van der Waals surface area contributed by atoms with Crippen molar-refractivity contribution in [3.05, 3.63) is 96.2 Å². The standard InChI is InChI=1S/C24H19NO2/c1-15(22-12-11-17-5-3-4-6-23(17)25-22)18-7-9-21-14-19(16(2)24(26)27)8-10-20(21)13-18/h3-14,16H,1H2,2H3,(H,26,27). The average Bonchev–Trinajstić information content (AvgIpc) is 2.71. The first-order chi connectivity index (χ1) is 13.0. The fraction of sp³-hybridized carbons (Fsp3) is 0.0833. The van der Waals surface area contributed by atoms with Crippen molar-refractivity contribution < 1.29 is 9.90 Å². The molecule has 4 aromatic rings. The van der Waals surface area contributed by atoms with Crippen LogP contribution in [0.15, 0.2) is 79.4 Å². The number of pyridine rings is 1. The van der Waals surface area contributed by atoms with Crippen LogP contribution in [0.4, 0.5) is 0 Å². The van der Waals surface area contributed by atoms with Gasteiger partial charge in [-0.05, 0) is 47.0 Å². The number of hydrogen-bond donors (Lipinski definition) is 1. The summed E-state index contributed by atoms with van der Waals surface area (Å²) in [5, 5.41) is 12.4. The zero-order valence-corrected chi connectivity index (χ0v) is 15.0. The number of hydrogen-bond acceptors (Lipinski definition) is 2. The van der Waals surface area contributed by atoms with Gasteiger partial charge in [-0.2, -0.15) is 0 Å². The van der Waals surface area contributed by atoms with Crippen molar-refractivity contribution in [3.8, 4) is 0 Å². The molecule has 3 aromatic carbocycles. The van der Waals surface area contributed by atoms with E-state index in [0.717, 1.165) is 44.1 Å². The molecule has 1 unspecified atom stereocenters. The van der Waals surface area contributed by atoms with Crippen LogP contribution < -0.4 is 0 Å². The predicted molar refractivity (Wildman–Crippen MR) is 110 cm³/mol. The molecule has 132 valence electrons. The zero-order valence-electron chi connectivity index (χ0n) is 15.0. The topological polar surface area (TPSA) is 50.2 Å². The first-order valence-electron chi connectivity index (χ1n) is 8.85. The van der Waals surface area contributed by atoms with Crippen molar-refractivity contribution in [2.75, 3.05) is 0 Å². The van der Waals surface area contributed by atoms with Gasteiger partial charge in [0.05, 0.1) is 17.1 Å². The summed E-state index contributed by atoms with van der Waals surface area (Å²) in [6, 6.07) is 23.9. The molecule has 0 spiro atoms. The number of fused-ring (bicyclic) bond motifs is 2. The van der Waals surface area contributed by atoms with Crippen molar-refractivity contribution >= 4 is 33.2 Å². The van der Waals surface area contributed by atoms with Gasteiger partial charge in [-0.15, -0.1) is 0 Å². The van der Waals surface area contributed by atoms with Gasteiger partial charge in [-0.1, -0.05) is 61.2 Å². The number of aliphatic carboxylic acids is 1. The lowest BCUT2D eigenvalue weighted by Gasteiger charge is -2.11. The highest BCUT2D eigenvalue weighted by atomic mass is 16.4. The monoisotopic (exact) mass is 353 g/mol. The molecule has 0 aliphatic carbocycles. The molecule has 0 fully saturated rings. The summed E-state index contributed by atoms with van der Waals surface area (Å²) in [6.07, 6.45) is 0. The third-order valence-electron chi connectivity index (χ3n) is 4.99. The van der Waals surface area contributed by atoms with E-state index in [1.807, 2.05) is 60.7 Å². The van der Waals surface area contributed by atoms with Crippen molar-refractivity contribution in [2.45, 2.75) is 12.8 Å². The molecule has 0 radical (unpaired) electrons. The van der Waals surface area contributed by atoms with Gasteiger partial charge in [-0.3, -0.25) is 4.79 Å². The Bertz CT molecular complexity index is 1190. The summed E-state index contributed by atoms with van der Waals surface area (Å²) < 4.78 is 0.